The van der Waals surface area contributed by atoms with Crippen LogP contribution in [0.4, 0.5) is 10.5 Å². The SMILES string of the molecule is CCN1C(=O)N/C(=C/c2ccc(N(CC)CC)c(Br)c2)C1=O. The molecule has 118 valence electrons. The van der Waals surface area contributed by atoms with E-state index in [0.717, 1.165) is 28.8 Å². The summed E-state index contributed by atoms with van der Waals surface area (Å²) in [6, 6.07) is 5.55. The maximum atomic E-state index is 12.1. The van der Waals surface area contributed by atoms with E-state index in [0.29, 0.717) is 12.2 Å². The molecule has 0 spiro atoms. The van der Waals surface area contributed by atoms with Gasteiger partial charge in [0.1, 0.15) is 5.70 Å². The average Bonchev–Trinajstić information content (AvgIpc) is 2.76. The van der Waals surface area contributed by atoms with E-state index >= 15 is 0 Å². The van der Waals surface area contributed by atoms with E-state index < -0.39 is 0 Å². The topological polar surface area (TPSA) is 52.7 Å². The fourth-order valence-electron chi connectivity index (χ4n) is 2.46. The molecule has 0 radical (unpaired) electrons. The summed E-state index contributed by atoms with van der Waals surface area (Å²) in [5.74, 6) is -0.281. The Hall–Kier alpha value is -1.82. The van der Waals surface area contributed by atoms with Crippen LogP contribution in [0.15, 0.2) is 28.4 Å². The second-order valence-electron chi connectivity index (χ2n) is 4.92. The highest BCUT2D eigenvalue weighted by molar-refractivity contribution is 9.10. The predicted molar refractivity (Wildman–Crippen MR) is 91.6 cm³/mol. The minimum absolute atomic E-state index is 0.281. The van der Waals surface area contributed by atoms with E-state index in [-0.39, 0.29) is 11.9 Å². The van der Waals surface area contributed by atoms with Crippen molar-refractivity contribution in [2.75, 3.05) is 24.5 Å². The van der Waals surface area contributed by atoms with Gasteiger partial charge in [-0.05, 0) is 60.5 Å². The molecule has 1 aromatic carbocycles. The Morgan fingerprint density at radius 2 is 1.91 bits per heavy atom. The molecule has 1 aliphatic rings. The first kappa shape index (κ1) is 16.5. The molecule has 0 aromatic heterocycles. The molecule has 1 aliphatic heterocycles. The van der Waals surface area contributed by atoms with Crippen molar-refractivity contribution in [2.45, 2.75) is 20.8 Å². The number of nitrogens with zero attached hydrogens (tertiary/aromatic N) is 2. The summed E-state index contributed by atoms with van der Waals surface area (Å²) in [6.07, 6.45) is 1.70. The molecule has 5 nitrogen and oxygen atoms in total. The molecule has 6 heteroatoms. The number of benzene rings is 1. The van der Waals surface area contributed by atoms with E-state index in [9.17, 15) is 9.59 Å². The average molecular weight is 366 g/mol. The van der Waals surface area contributed by atoms with E-state index in [1.54, 1.807) is 13.0 Å². The lowest BCUT2D eigenvalue weighted by Gasteiger charge is -2.22. The number of imide groups is 1. The van der Waals surface area contributed by atoms with E-state index in [1.165, 1.54) is 4.90 Å². The van der Waals surface area contributed by atoms with Crippen LogP contribution in [0.5, 0.6) is 0 Å². The molecule has 0 atom stereocenters. The minimum atomic E-state index is -0.363. The number of carbonyl (C=O) groups excluding carboxylic acids is 2. The predicted octanol–water partition coefficient (Wildman–Crippen LogP) is 3.21. The zero-order chi connectivity index (χ0) is 16.3. The van der Waals surface area contributed by atoms with E-state index in [4.69, 9.17) is 0 Å². The molecule has 3 amide bonds. The van der Waals surface area contributed by atoms with E-state index in [1.807, 2.05) is 18.2 Å². The van der Waals surface area contributed by atoms with Crippen LogP contribution in [0.25, 0.3) is 6.08 Å². The van der Waals surface area contributed by atoms with Crippen LogP contribution in [-0.2, 0) is 4.79 Å². The number of urea groups is 1. The number of hydrogen-bond donors (Lipinski definition) is 1. The number of rotatable bonds is 5. The fourth-order valence-corrected chi connectivity index (χ4v) is 3.11. The van der Waals surface area contributed by atoms with Crippen molar-refractivity contribution in [3.8, 4) is 0 Å². The molecule has 0 saturated carbocycles. The molecule has 0 bridgehead atoms. The Morgan fingerprint density at radius 1 is 1.23 bits per heavy atom. The van der Waals surface area contributed by atoms with Crippen LogP contribution in [0.2, 0.25) is 0 Å². The first-order valence-electron chi connectivity index (χ1n) is 7.40. The summed E-state index contributed by atoms with van der Waals surface area (Å²) < 4.78 is 0.967. The second kappa shape index (κ2) is 6.96. The molecule has 22 heavy (non-hydrogen) atoms. The first-order valence-corrected chi connectivity index (χ1v) is 8.20. The van der Waals surface area contributed by atoms with Gasteiger partial charge < -0.3 is 10.2 Å². The summed E-state index contributed by atoms with van der Waals surface area (Å²) in [5, 5.41) is 2.61. The highest BCUT2D eigenvalue weighted by atomic mass is 79.9. The summed E-state index contributed by atoms with van der Waals surface area (Å²) >= 11 is 3.58. The zero-order valence-electron chi connectivity index (χ0n) is 13.0. The van der Waals surface area contributed by atoms with Crippen molar-refractivity contribution in [1.29, 1.82) is 0 Å². The molecule has 0 aliphatic carbocycles. The van der Waals surface area contributed by atoms with E-state index in [2.05, 4.69) is 40.0 Å². The van der Waals surface area contributed by atoms with Crippen molar-refractivity contribution < 1.29 is 9.59 Å². The third kappa shape index (κ3) is 3.16. The highest BCUT2D eigenvalue weighted by Gasteiger charge is 2.31. The molecular formula is C16H20BrN3O2. The highest BCUT2D eigenvalue weighted by Crippen LogP contribution is 2.28. The van der Waals surface area contributed by atoms with Crippen molar-refractivity contribution in [2.24, 2.45) is 0 Å². The number of carbonyl (C=O) groups is 2. The molecule has 0 unspecified atom stereocenters. The molecule has 1 N–H and O–H groups in total. The van der Waals surface area contributed by atoms with Crippen molar-refractivity contribution in [1.82, 2.24) is 10.2 Å². The first-order chi connectivity index (χ1) is 10.5. The number of amides is 3. The quantitative estimate of drug-likeness (QED) is 0.643. The van der Waals surface area contributed by atoms with Crippen LogP contribution in [0, 0.1) is 0 Å². The fraction of sp³-hybridized carbons (Fsp3) is 0.375. The van der Waals surface area contributed by atoms with Crippen molar-refractivity contribution in [3.05, 3.63) is 33.9 Å². The maximum absolute atomic E-state index is 12.1. The number of anilines is 1. The second-order valence-corrected chi connectivity index (χ2v) is 5.78. The Balaban J connectivity index is 2.28. The van der Waals surface area contributed by atoms with Gasteiger partial charge in [0.25, 0.3) is 5.91 Å². The van der Waals surface area contributed by atoms with Gasteiger partial charge in [-0.2, -0.15) is 0 Å². The Bertz CT molecular complexity index is 624. The third-order valence-corrected chi connectivity index (χ3v) is 4.30. The number of halogens is 1. The van der Waals surface area contributed by atoms with Gasteiger partial charge in [-0.1, -0.05) is 6.07 Å². The lowest BCUT2D eigenvalue weighted by Crippen LogP contribution is -2.30. The van der Waals surface area contributed by atoms with Crippen LogP contribution in [-0.4, -0.2) is 36.5 Å². The van der Waals surface area contributed by atoms with Crippen molar-refractivity contribution in [3.63, 3.8) is 0 Å². The van der Waals surface area contributed by atoms with Gasteiger partial charge in [0.2, 0.25) is 0 Å². The standard InChI is InChI=1S/C16H20BrN3O2/c1-4-19(5-2)14-8-7-11(9-12(14)17)10-13-15(21)20(6-3)16(22)18-13/h7-10H,4-6H2,1-3H3,(H,18,22)/b13-10+. The van der Waals surface area contributed by atoms with Crippen LogP contribution in [0.1, 0.15) is 26.3 Å². The van der Waals surface area contributed by atoms with Gasteiger partial charge in [-0.15, -0.1) is 0 Å². The maximum Gasteiger partial charge on any atom is 0.328 e. The third-order valence-electron chi connectivity index (χ3n) is 3.67. The number of nitrogens with one attached hydrogen (secondary N) is 1. The van der Waals surface area contributed by atoms with Gasteiger partial charge in [-0.25, -0.2) is 4.79 Å². The normalized spacial score (nSPS) is 16.4. The Labute approximate surface area is 139 Å². The number of hydrogen-bond acceptors (Lipinski definition) is 3. The molecular weight excluding hydrogens is 346 g/mol. The van der Waals surface area contributed by atoms with Crippen LogP contribution in [0.3, 0.4) is 0 Å². The van der Waals surface area contributed by atoms with Crippen LogP contribution < -0.4 is 10.2 Å². The van der Waals surface area contributed by atoms with Gasteiger partial charge in [0, 0.05) is 24.1 Å². The largest absolute Gasteiger partial charge is 0.371 e. The van der Waals surface area contributed by atoms with Gasteiger partial charge in [0.05, 0.1) is 5.69 Å². The van der Waals surface area contributed by atoms with Gasteiger partial charge >= 0.3 is 6.03 Å². The van der Waals surface area contributed by atoms with Crippen LogP contribution >= 0.6 is 15.9 Å². The summed E-state index contributed by atoms with van der Waals surface area (Å²) in [7, 11) is 0. The van der Waals surface area contributed by atoms with Gasteiger partial charge in [-0.3, -0.25) is 9.69 Å². The summed E-state index contributed by atoms with van der Waals surface area (Å²) in [6.45, 7) is 8.21. The Kier molecular flexibility index (Phi) is 5.24. The lowest BCUT2D eigenvalue weighted by atomic mass is 10.1. The molecule has 2 rings (SSSR count). The molecule has 1 fully saturated rings. The monoisotopic (exact) mass is 365 g/mol. The zero-order valence-corrected chi connectivity index (χ0v) is 14.6. The number of likely N-dealkylation sites (N-methyl/N-ethyl adjacent to an activating group) is 1. The molecule has 1 aromatic rings. The minimum Gasteiger partial charge on any atom is -0.371 e. The smallest absolute Gasteiger partial charge is 0.328 e. The molecule has 1 saturated heterocycles. The molecule has 1 heterocycles. The lowest BCUT2D eigenvalue weighted by molar-refractivity contribution is -0.122. The van der Waals surface area contributed by atoms with Crippen molar-refractivity contribution >= 4 is 39.6 Å². The summed E-state index contributed by atoms with van der Waals surface area (Å²) in [5.41, 5.74) is 2.29. The van der Waals surface area contributed by atoms with Gasteiger partial charge in [0.15, 0.2) is 0 Å². The Morgan fingerprint density at radius 3 is 2.41 bits per heavy atom. The summed E-state index contributed by atoms with van der Waals surface area (Å²) in [4.78, 5) is 27.1.